The summed E-state index contributed by atoms with van der Waals surface area (Å²) in [5.74, 6) is 0.333. The molecule has 2 aromatic rings. The Labute approximate surface area is 73.1 Å². The minimum absolute atomic E-state index is 0.0560. The second-order valence-corrected chi connectivity index (χ2v) is 2.03. The summed E-state index contributed by atoms with van der Waals surface area (Å²) in [7, 11) is 0. The van der Waals surface area contributed by atoms with Gasteiger partial charge in [-0.2, -0.15) is 10.1 Å². The fraction of sp³-hybridized carbons (Fsp3) is 0. The number of aromatic nitrogens is 4. The van der Waals surface area contributed by atoms with E-state index in [-0.39, 0.29) is 30.2 Å². The van der Waals surface area contributed by atoms with E-state index in [1.807, 2.05) is 0 Å². The standard InChI is InChI=1S/C7H7N5/c8-7-9-4-2-6(11-7)12-5-1-3-10-12/h1-5H,(H2,8,9,11)/i1D,3D,5D. The average Bonchev–Trinajstić information content (AvgIpc) is 2.46. The number of hydrogen-bond donors (Lipinski definition) is 1. The van der Waals surface area contributed by atoms with Gasteiger partial charge in [0, 0.05) is 24.6 Å². The van der Waals surface area contributed by atoms with Crippen LogP contribution in [-0.4, -0.2) is 19.7 Å². The smallest absolute Gasteiger partial charge is 0.221 e. The maximum atomic E-state index is 7.52. The van der Waals surface area contributed by atoms with Crippen LogP contribution in [0.3, 0.4) is 0 Å². The summed E-state index contributed by atoms with van der Waals surface area (Å²) >= 11 is 0. The lowest BCUT2D eigenvalue weighted by Gasteiger charge is -1.98. The first-order valence-corrected chi connectivity index (χ1v) is 3.21. The zero-order valence-corrected chi connectivity index (χ0v) is 6.02. The fourth-order valence-corrected chi connectivity index (χ4v) is 0.768. The molecule has 0 atom stereocenters. The van der Waals surface area contributed by atoms with Gasteiger partial charge in [-0.3, -0.25) is 0 Å². The van der Waals surface area contributed by atoms with Crippen LogP contribution in [0.25, 0.3) is 5.82 Å². The van der Waals surface area contributed by atoms with Gasteiger partial charge in [0.2, 0.25) is 5.95 Å². The summed E-state index contributed by atoms with van der Waals surface area (Å²) in [6, 6.07) is 1.26. The van der Waals surface area contributed by atoms with E-state index in [4.69, 9.17) is 9.85 Å². The highest BCUT2D eigenvalue weighted by Crippen LogP contribution is 2.01. The summed E-state index contributed by atoms with van der Waals surface area (Å²) in [6.07, 6.45) is 0.960. The number of rotatable bonds is 1. The summed E-state index contributed by atoms with van der Waals surface area (Å²) in [5, 5.41) is 3.68. The van der Waals surface area contributed by atoms with E-state index in [1.54, 1.807) is 0 Å². The lowest BCUT2D eigenvalue weighted by atomic mass is 10.6. The van der Waals surface area contributed by atoms with Crippen molar-refractivity contribution in [2.45, 2.75) is 0 Å². The van der Waals surface area contributed by atoms with E-state index in [0.29, 0.717) is 0 Å². The van der Waals surface area contributed by atoms with Crippen LogP contribution in [0.1, 0.15) is 4.11 Å². The third kappa shape index (κ3) is 1.12. The predicted molar refractivity (Wildman–Crippen MR) is 43.6 cm³/mol. The molecule has 2 aromatic heterocycles. The Morgan fingerprint density at radius 1 is 1.58 bits per heavy atom. The maximum Gasteiger partial charge on any atom is 0.221 e. The van der Waals surface area contributed by atoms with Crippen LogP contribution in [0.4, 0.5) is 5.95 Å². The molecule has 2 rings (SSSR count). The number of anilines is 1. The molecule has 0 radical (unpaired) electrons. The number of nitrogens with two attached hydrogens (primary N) is 1. The molecule has 60 valence electrons. The highest BCUT2D eigenvalue weighted by atomic mass is 15.3. The molecule has 0 aromatic carbocycles. The second kappa shape index (κ2) is 2.61. The molecule has 0 saturated carbocycles. The summed E-state index contributed by atoms with van der Waals surface area (Å²) in [6.45, 7) is 0. The Morgan fingerprint density at radius 3 is 3.17 bits per heavy atom. The Balaban J connectivity index is 2.59. The van der Waals surface area contributed by atoms with E-state index >= 15 is 0 Å². The minimum atomic E-state index is -0.266. The zero-order chi connectivity index (χ0) is 11.0. The van der Waals surface area contributed by atoms with Crippen LogP contribution in [0, 0.1) is 0 Å². The molecule has 0 amide bonds. The van der Waals surface area contributed by atoms with Crippen molar-refractivity contribution in [2.75, 3.05) is 5.73 Å². The monoisotopic (exact) mass is 164 g/mol. The molecular formula is C7H7N5. The third-order valence-electron chi connectivity index (χ3n) is 1.24. The molecule has 0 aliphatic carbocycles. The molecule has 0 bridgehead atoms. The van der Waals surface area contributed by atoms with E-state index in [0.717, 1.165) is 4.68 Å². The van der Waals surface area contributed by atoms with Crippen LogP contribution in [-0.2, 0) is 0 Å². The van der Waals surface area contributed by atoms with Gasteiger partial charge in [0.25, 0.3) is 0 Å². The van der Waals surface area contributed by atoms with Crippen molar-refractivity contribution in [3.8, 4) is 5.82 Å². The molecular weight excluding hydrogens is 154 g/mol. The van der Waals surface area contributed by atoms with Crippen LogP contribution in [0.15, 0.2) is 30.7 Å². The summed E-state index contributed by atoms with van der Waals surface area (Å²) in [5.41, 5.74) is 5.37. The van der Waals surface area contributed by atoms with Crippen LogP contribution < -0.4 is 5.73 Å². The Bertz CT molecular complexity index is 509. The molecule has 2 N–H and O–H groups in total. The van der Waals surface area contributed by atoms with Gasteiger partial charge in [-0.25, -0.2) is 9.67 Å². The van der Waals surface area contributed by atoms with Crippen LogP contribution in [0.5, 0.6) is 0 Å². The third-order valence-corrected chi connectivity index (χ3v) is 1.24. The molecule has 2 heterocycles. The van der Waals surface area contributed by atoms with Gasteiger partial charge in [0.05, 0.1) is 4.11 Å². The molecule has 0 spiro atoms. The first kappa shape index (κ1) is 4.20. The van der Waals surface area contributed by atoms with Gasteiger partial charge in [-0.15, -0.1) is 0 Å². The minimum Gasteiger partial charge on any atom is -0.368 e. The first-order chi connectivity index (χ1) is 7.09. The van der Waals surface area contributed by atoms with Crippen molar-refractivity contribution in [1.29, 1.82) is 0 Å². The zero-order valence-electron chi connectivity index (χ0n) is 9.02. The molecule has 0 fully saturated rings. The molecule has 0 unspecified atom stereocenters. The lowest BCUT2D eigenvalue weighted by Crippen LogP contribution is -2.01. The van der Waals surface area contributed by atoms with Crippen molar-refractivity contribution < 1.29 is 4.11 Å². The molecule has 0 saturated heterocycles. The van der Waals surface area contributed by atoms with Crippen LogP contribution in [0.2, 0.25) is 0 Å². The number of nitrogens with zero attached hydrogens (tertiary/aromatic N) is 4. The van der Waals surface area contributed by atoms with Gasteiger partial charge < -0.3 is 5.73 Å². The van der Waals surface area contributed by atoms with Crippen molar-refractivity contribution >= 4 is 5.95 Å². The largest absolute Gasteiger partial charge is 0.368 e. The van der Waals surface area contributed by atoms with Crippen molar-refractivity contribution in [2.24, 2.45) is 0 Å². The fourth-order valence-electron chi connectivity index (χ4n) is 0.768. The Hall–Kier alpha value is -1.91. The second-order valence-electron chi connectivity index (χ2n) is 2.03. The van der Waals surface area contributed by atoms with Gasteiger partial charge in [0.15, 0.2) is 5.82 Å². The van der Waals surface area contributed by atoms with E-state index in [2.05, 4.69) is 15.1 Å². The quantitative estimate of drug-likeness (QED) is 0.655. The van der Waals surface area contributed by atoms with Gasteiger partial charge in [0.1, 0.15) is 0 Å². The first-order valence-electron chi connectivity index (χ1n) is 4.71. The van der Waals surface area contributed by atoms with Gasteiger partial charge in [-0.1, -0.05) is 0 Å². The summed E-state index contributed by atoms with van der Waals surface area (Å²) < 4.78 is 23.2. The van der Waals surface area contributed by atoms with E-state index in [1.165, 1.54) is 12.3 Å². The molecule has 0 aliphatic rings. The van der Waals surface area contributed by atoms with Crippen molar-refractivity contribution in [3.05, 3.63) is 30.7 Å². The number of hydrogen-bond acceptors (Lipinski definition) is 4. The molecule has 5 nitrogen and oxygen atoms in total. The van der Waals surface area contributed by atoms with Gasteiger partial charge >= 0.3 is 0 Å². The maximum absolute atomic E-state index is 7.52. The summed E-state index contributed by atoms with van der Waals surface area (Å²) in [4.78, 5) is 7.53. The van der Waals surface area contributed by atoms with E-state index in [9.17, 15) is 0 Å². The molecule has 0 aliphatic heterocycles. The average molecular weight is 164 g/mol. The Morgan fingerprint density at radius 2 is 2.50 bits per heavy atom. The van der Waals surface area contributed by atoms with Crippen molar-refractivity contribution in [1.82, 2.24) is 19.7 Å². The van der Waals surface area contributed by atoms with Gasteiger partial charge in [-0.05, 0) is 6.04 Å². The normalized spacial score (nSPS) is 13.5. The topological polar surface area (TPSA) is 69.6 Å². The number of nitrogen functional groups attached to an aromatic ring is 1. The highest BCUT2D eigenvalue weighted by molar-refractivity contribution is 5.26. The SMILES string of the molecule is [2H]c1nn(-c2ccnc(N)n2)c([2H])c1[2H]. The van der Waals surface area contributed by atoms with E-state index < -0.39 is 0 Å². The predicted octanol–water partition coefficient (Wildman–Crippen LogP) is 0.245. The molecule has 12 heavy (non-hydrogen) atoms. The van der Waals surface area contributed by atoms with Crippen LogP contribution >= 0.6 is 0 Å². The molecule has 5 heteroatoms. The Kier molecular flexibility index (Phi) is 0.914. The lowest BCUT2D eigenvalue weighted by molar-refractivity contribution is 0.842. The highest BCUT2D eigenvalue weighted by Gasteiger charge is 1.96. The van der Waals surface area contributed by atoms with Crippen molar-refractivity contribution in [3.63, 3.8) is 0 Å².